The number of carbonyl (C=O) groups is 3. The summed E-state index contributed by atoms with van der Waals surface area (Å²) in [6.07, 6.45) is 5.62. The SMILES string of the molecule is COCCOCCOCCOc1cc2c(cc1OC(C)C(=O)NC(CC(=O)O)C(=O)O)N=CC/C(C)=C(/C)C(=N)C=c1[nH]c(c(C)c1C)=Cc1[nH]c(c(C)c1C)C=N2. The van der Waals surface area contributed by atoms with Gasteiger partial charge in [-0.1, -0.05) is 5.57 Å². The predicted octanol–water partition coefficient (Wildman–Crippen LogP) is 4.27. The molecule has 0 radical (unpaired) electrons. The predicted molar refractivity (Wildman–Crippen MR) is 221 cm³/mol. The average Bonchev–Trinajstić information content (AvgIpc) is 3.60. The Hall–Kier alpha value is -5.84. The van der Waals surface area contributed by atoms with Crippen molar-refractivity contribution in [3.63, 3.8) is 0 Å². The van der Waals surface area contributed by atoms with Crippen LogP contribution in [0.2, 0.25) is 0 Å². The smallest absolute Gasteiger partial charge is 0.326 e. The largest absolute Gasteiger partial charge is 0.487 e. The van der Waals surface area contributed by atoms with Crippen LogP contribution in [0, 0.1) is 33.1 Å². The highest BCUT2D eigenvalue weighted by Gasteiger charge is 2.27. The number of H-pyrrole nitrogens is 2. The van der Waals surface area contributed by atoms with Crippen LogP contribution in [0.1, 0.15) is 67.3 Å². The first-order valence-corrected chi connectivity index (χ1v) is 18.9. The number of nitrogens with one attached hydrogen (secondary N) is 4. The van der Waals surface area contributed by atoms with E-state index in [4.69, 9.17) is 44.2 Å². The standard InChI is InChI=1S/C42H54N6O10/c1-23-9-10-44-34-20-39(58-29(7)41(51)48-36(42(52)53)21-40(49)50)38(57-16-15-56-14-13-55-12-11-54-8)19-35(34)45-22-37-28(6)27(5)33(47-37)18-32-26(4)25(3)31(46-32)17-30(43)24(23)2/h10,17-20,22,29,36,43,46-47H,9,11-16,21H2,1-8H3,(H,48,51)(H,49,50)(H,52,53)/b24-23-,31-17?,32-18?,43-30?,44-10?,45-22?. The summed E-state index contributed by atoms with van der Waals surface area (Å²) < 4.78 is 28.3. The summed E-state index contributed by atoms with van der Waals surface area (Å²) in [5.41, 5.74) is 8.70. The third-order valence-corrected chi connectivity index (χ3v) is 9.86. The molecule has 1 amide bonds. The van der Waals surface area contributed by atoms with Crippen LogP contribution in [0.5, 0.6) is 11.5 Å². The Kier molecular flexibility index (Phi) is 16.3. The number of aliphatic imine (C=N–C) groups is 2. The highest BCUT2D eigenvalue weighted by Crippen LogP contribution is 2.41. The molecule has 1 aliphatic heterocycles. The highest BCUT2D eigenvalue weighted by molar-refractivity contribution is 6.18. The van der Waals surface area contributed by atoms with Crippen LogP contribution in [0.15, 0.2) is 33.3 Å². The molecule has 0 fully saturated rings. The van der Waals surface area contributed by atoms with E-state index in [0.29, 0.717) is 49.9 Å². The van der Waals surface area contributed by atoms with Gasteiger partial charge in [-0.05, 0) is 88.4 Å². The molecule has 58 heavy (non-hydrogen) atoms. The number of aliphatic carboxylic acids is 2. The molecular formula is C42H54N6O10. The number of carbonyl (C=O) groups excluding carboxylic acids is 1. The van der Waals surface area contributed by atoms with Crippen molar-refractivity contribution < 1.29 is 48.3 Å². The Morgan fingerprint density at radius 1 is 0.810 bits per heavy atom. The van der Waals surface area contributed by atoms with Crippen LogP contribution in [0.4, 0.5) is 11.4 Å². The number of amides is 1. The fourth-order valence-corrected chi connectivity index (χ4v) is 5.76. The number of aromatic nitrogens is 2. The maximum atomic E-state index is 13.1. The number of aromatic amines is 2. The summed E-state index contributed by atoms with van der Waals surface area (Å²) in [4.78, 5) is 52.6. The van der Waals surface area contributed by atoms with Crippen LogP contribution in [-0.2, 0) is 28.6 Å². The molecule has 0 saturated heterocycles. The number of allylic oxidation sites excluding steroid dienone is 2. The number of nitrogens with zero attached hydrogens (tertiary/aromatic N) is 2. The van der Waals surface area contributed by atoms with Crippen LogP contribution in [0.25, 0.3) is 12.2 Å². The van der Waals surface area contributed by atoms with Crippen LogP contribution < -0.4 is 25.5 Å². The average molecular weight is 803 g/mol. The van der Waals surface area contributed by atoms with Gasteiger partial charge in [0.2, 0.25) is 0 Å². The number of carboxylic acid groups (broad SMARTS) is 2. The lowest BCUT2D eigenvalue weighted by molar-refractivity contribution is -0.147. The fraction of sp³-hybridized carbons (Fsp3) is 0.429. The summed E-state index contributed by atoms with van der Waals surface area (Å²) in [6.45, 7) is 15.2. The van der Waals surface area contributed by atoms with Gasteiger partial charge in [0.15, 0.2) is 17.6 Å². The van der Waals surface area contributed by atoms with E-state index in [0.717, 1.165) is 55.5 Å². The van der Waals surface area contributed by atoms with Gasteiger partial charge in [0.1, 0.15) is 12.6 Å². The van der Waals surface area contributed by atoms with Gasteiger partial charge in [-0.3, -0.25) is 19.6 Å². The van der Waals surface area contributed by atoms with Gasteiger partial charge in [0, 0.05) is 48.3 Å². The molecule has 1 aromatic carbocycles. The van der Waals surface area contributed by atoms with Crippen molar-refractivity contribution in [1.29, 1.82) is 5.41 Å². The second-order valence-electron chi connectivity index (χ2n) is 13.9. The molecule has 0 saturated carbocycles. The number of carboxylic acids is 2. The third kappa shape index (κ3) is 12.1. The number of rotatable bonds is 17. The molecule has 6 N–H and O–H groups in total. The van der Waals surface area contributed by atoms with Gasteiger partial charge in [-0.25, -0.2) is 4.79 Å². The van der Waals surface area contributed by atoms with Gasteiger partial charge in [0.05, 0.1) is 68.5 Å². The molecule has 16 nitrogen and oxygen atoms in total. The van der Waals surface area contributed by atoms with Crippen molar-refractivity contribution in [1.82, 2.24) is 15.3 Å². The quantitative estimate of drug-likeness (QED) is 0.106. The zero-order valence-corrected chi connectivity index (χ0v) is 34.3. The number of benzene rings is 1. The van der Waals surface area contributed by atoms with E-state index in [1.54, 1.807) is 31.7 Å². The second kappa shape index (κ2) is 21.1. The third-order valence-electron chi connectivity index (χ3n) is 9.86. The Morgan fingerprint density at radius 2 is 1.41 bits per heavy atom. The molecule has 2 atom stereocenters. The maximum absolute atomic E-state index is 13.1. The molecule has 1 aliphatic rings. The Morgan fingerprint density at radius 3 is 2.07 bits per heavy atom. The lowest BCUT2D eigenvalue weighted by Crippen LogP contribution is -2.47. The molecule has 4 bridgehead atoms. The lowest BCUT2D eigenvalue weighted by Gasteiger charge is -2.20. The number of fused-ring (bicyclic) bond motifs is 5. The van der Waals surface area contributed by atoms with Crippen molar-refractivity contribution in [2.75, 3.05) is 46.8 Å². The molecule has 3 aromatic rings. The molecule has 4 rings (SSSR count). The first-order chi connectivity index (χ1) is 27.6. The number of hydrogen-bond donors (Lipinski definition) is 6. The topological polar surface area (TPSA) is 230 Å². The summed E-state index contributed by atoms with van der Waals surface area (Å²) in [6, 6.07) is 1.53. The van der Waals surface area contributed by atoms with Crippen molar-refractivity contribution in [3.05, 3.63) is 67.6 Å². The van der Waals surface area contributed by atoms with Crippen molar-refractivity contribution in [2.24, 2.45) is 9.98 Å². The van der Waals surface area contributed by atoms with E-state index < -0.39 is 36.4 Å². The van der Waals surface area contributed by atoms with Gasteiger partial charge in [-0.2, -0.15) is 0 Å². The van der Waals surface area contributed by atoms with Gasteiger partial charge >= 0.3 is 11.9 Å². The number of methoxy groups -OCH3 is 1. The summed E-state index contributed by atoms with van der Waals surface area (Å²) >= 11 is 0. The molecule has 16 heteroatoms. The zero-order chi connectivity index (χ0) is 42.5. The minimum Gasteiger partial charge on any atom is -0.487 e. The molecule has 0 aliphatic carbocycles. The van der Waals surface area contributed by atoms with Crippen LogP contribution >= 0.6 is 0 Å². The van der Waals surface area contributed by atoms with E-state index in [2.05, 4.69) is 28.3 Å². The normalized spacial score (nSPS) is 15.3. The van der Waals surface area contributed by atoms with Gasteiger partial charge in [0.25, 0.3) is 5.91 Å². The minimum absolute atomic E-state index is 0.0835. The number of hydrogen-bond acceptors (Lipinski definition) is 11. The van der Waals surface area contributed by atoms with Crippen LogP contribution in [-0.4, -0.2) is 115 Å². The molecule has 312 valence electrons. The maximum Gasteiger partial charge on any atom is 0.326 e. The van der Waals surface area contributed by atoms with Gasteiger partial charge in [-0.15, -0.1) is 0 Å². The lowest BCUT2D eigenvalue weighted by atomic mass is 10.0. The van der Waals surface area contributed by atoms with E-state index >= 15 is 0 Å². The van der Waals surface area contributed by atoms with E-state index in [-0.39, 0.29) is 24.7 Å². The first-order valence-electron chi connectivity index (χ1n) is 18.9. The zero-order valence-electron chi connectivity index (χ0n) is 34.3. The molecule has 3 heterocycles. The summed E-state index contributed by atoms with van der Waals surface area (Å²) in [5.74, 6) is -3.44. The highest BCUT2D eigenvalue weighted by atomic mass is 16.6. The van der Waals surface area contributed by atoms with Crippen molar-refractivity contribution >= 4 is 59.5 Å². The fourth-order valence-electron chi connectivity index (χ4n) is 5.76. The van der Waals surface area contributed by atoms with Crippen molar-refractivity contribution in [3.8, 4) is 11.5 Å². The molecular weight excluding hydrogens is 748 g/mol. The summed E-state index contributed by atoms with van der Waals surface area (Å²) in [5, 5.41) is 31.6. The van der Waals surface area contributed by atoms with Gasteiger partial charge < -0.3 is 54.6 Å². The molecule has 2 aromatic heterocycles. The van der Waals surface area contributed by atoms with E-state index in [9.17, 15) is 19.5 Å². The monoisotopic (exact) mass is 802 g/mol. The second-order valence-corrected chi connectivity index (χ2v) is 13.9. The van der Waals surface area contributed by atoms with Crippen molar-refractivity contribution in [2.45, 2.75) is 73.5 Å². The number of ether oxygens (including phenoxy) is 5. The Balaban J connectivity index is 1.78. The van der Waals surface area contributed by atoms with E-state index in [1.165, 1.54) is 6.92 Å². The minimum atomic E-state index is -1.67. The van der Waals surface area contributed by atoms with Crippen LogP contribution in [0.3, 0.4) is 0 Å². The first kappa shape index (κ1) is 44.9. The summed E-state index contributed by atoms with van der Waals surface area (Å²) in [7, 11) is 1.59. The Bertz CT molecular complexity index is 2210. The molecule has 0 spiro atoms. The Labute approximate surface area is 337 Å². The molecule has 2 unspecified atom stereocenters. The van der Waals surface area contributed by atoms with E-state index in [1.807, 2.05) is 40.7 Å².